The summed E-state index contributed by atoms with van der Waals surface area (Å²) in [5.41, 5.74) is 0.0161. The minimum absolute atomic E-state index is 0.157. The summed E-state index contributed by atoms with van der Waals surface area (Å²) in [6, 6.07) is 10.8. The van der Waals surface area contributed by atoms with Crippen LogP contribution in [0.3, 0.4) is 0 Å². The monoisotopic (exact) mass is 353 g/mol. The molecule has 1 atom stereocenters. The van der Waals surface area contributed by atoms with Gasteiger partial charge in [-0.2, -0.15) is 0 Å². The van der Waals surface area contributed by atoms with E-state index in [-0.39, 0.29) is 6.04 Å². The van der Waals surface area contributed by atoms with Crippen LogP contribution in [-0.2, 0) is 16.0 Å². The molecule has 3 rings (SSSR count). The number of para-hydroxylation sites is 1. The van der Waals surface area contributed by atoms with E-state index in [0.717, 1.165) is 12.0 Å². The SMILES string of the molecule is CCc1ccccc1NC(=O)C1(C)Oc2cccnc2N(C(C)C)C1=O. The minimum atomic E-state index is -1.67. The maximum Gasteiger partial charge on any atom is 0.282 e. The molecule has 0 saturated carbocycles. The van der Waals surface area contributed by atoms with Crippen molar-refractivity contribution in [3.05, 3.63) is 48.2 Å². The number of hydrogen-bond acceptors (Lipinski definition) is 4. The summed E-state index contributed by atoms with van der Waals surface area (Å²) >= 11 is 0. The maximum absolute atomic E-state index is 13.1. The molecule has 2 aromatic rings. The second-order valence-corrected chi connectivity index (χ2v) is 6.69. The Labute approximate surface area is 153 Å². The molecule has 1 aromatic carbocycles. The minimum Gasteiger partial charge on any atom is -0.464 e. The Bertz CT molecular complexity index is 850. The van der Waals surface area contributed by atoms with E-state index >= 15 is 0 Å². The van der Waals surface area contributed by atoms with E-state index in [2.05, 4.69) is 10.3 Å². The van der Waals surface area contributed by atoms with Gasteiger partial charge in [0.15, 0.2) is 11.6 Å². The predicted molar refractivity (Wildman–Crippen MR) is 100 cm³/mol. The maximum atomic E-state index is 13.1. The first-order chi connectivity index (χ1) is 12.4. The van der Waals surface area contributed by atoms with Crippen molar-refractivity contribution in [1.29, 1.82) is 0 Å². The van der Waals surface area contributed by atoms with Crippen LogP contribution in [0.15, 0.2) is 42.6 Å². The van der Waals surface area contributed by atoms with Crippen LogP contribution in [0, 0.1) is 0 Å². The highest BCUT2D eigenvalue weighted by atomic mass is 16.5. The smallest absolute Gasteiger partial charge is 0.282 e. The number of rotatable bonds is 4. The fraction of sp³-hybridized carbons (Fsp3) is 0.350. The van der Waals surface area contributed by atoms with Crippen LogP contribution in [0.1, 0.15) is 33.3 Å². The zero-order valence-electron chi connectivity index (χ0n) is 15.4. The number of hydrogen-bond donors (Lipinski definition) is 1. The van der Waals surface area contributed by atoms with Gasteiger partial charge in [-0.15, -0.1) is 0 Å². The molecule has 2 amide bonds. The summed E-state index contributed by atoms with van der Waals surface area (Å²) < 4.78 is 5.85. The molecule has 0 bridgehead atoms. The highest BCUT2D eigenvalue weighted by Gasteiger charge is 2.52. The molecule has 1 unspecified atom stereocenters. The molecule has 1 aliphatic rings. The van der Waals surface area contributed by atoms with E-state index in [1.54, 1.807) is 18.3 Å². The lowest BCUT2D eigenvalue weighted by Crippen LogP contribution is -2.62. The van der Waals surface area contributed by atoms with Gasteiger partial charge in [0.05, 0.1) is 0 Å². The number of ether oxygens (including phenoxy) is 1. The Balaban J connectivity index is 1.98. The van der Waals surface area contributed by atoms with Gasteiger partial charge in [0.2, 0.25) is 0 Å². The fourth-order valence-corrected chi connectivity index (χ4v) is 3.05. The summed E-state index contributed by atoms with van der Waals surface area (Å²) in [4.78, 5) is 32.0. The van der Waals surface area contributed by atoms with Gasteiger partial charge in [0.25, 0.3) is 17.4 Å². The number of benzene rings is 1. The average Bonchev–Trinajstić information content (AvgIpc) is 2.62. The Hall–Kier alpha value is -2.89. The lowest BCUT2D eigenvalue weighted by Gasteiger charge is -2.40. The third kappa shape index (κ3) is 2.92. The van der Waals surface area contributed by atoms with Crippen molar-refractivity contribution in [2.24, 2.45) is 0 Å². The molecule has 2 heterocycles. The highest BCUT2D eigenvalue weighted by Crippen LogP contribution is 2.37. The summed E-state index contributed by atoms with van der Waals surface area (Å²) in [6.45, 7) is 7.28. The van der Waals surface area contributed by atoms with Gasteiger partial charge in [-0.05, 0) is 51.0 Å². The summed E-state index contributed by atoms with van der Waals surface area (Å²) in [5, 5.41) is 2.86. The number of aryl methyl sites for hydroxylation is 1. The second kappa shape index (κ2) is 6.78. The van der Waals surface area contributed by atoms with Crippen molar-refractivity contribution < 1.29 is 14.3 Å². The number of nitrogens with one attached hydrogen (secondary N) is 1. The van der Waals surface area contributed by atoms with E-state index in [1.807, 2.05) is 45.0 Å². The second-order valence-electron chi connectivity index (χ2n) is 6.69. The number of carbonyl (C=O) groups is 2. The molecule has 0 aliphatic carbocycles. The number of fused-ring (bicyclic) bond motifs is 1. The van der Waals surface area contributed by atoms with Gasteiger partial charge in [0.1, 0.15) is 0 Å². The van der Waals surface area contributed by atoms with E-state index in [1.165, 1.54) is 11.8 Å². The predicted octanol–water partition coefficient (Wildman–Crippen LogP) is 3.18. The first-order valence-electron chi connectivity index (χ1n) is 8.75. The van der Waals surface area contributed by atoms with E-state index in [0.29, 0.717) is 17.3 Å². The molecule has 1 aliphatic heterocycles. The Morgan fingerprint density at radius 1 is 1.27 bits per heavy atom. The number of amides is 2. The van der Waals surface area contributed by atoms with Crippen molar-refractivity contribution in [2.45, 2.75) is 45.8 Å². The first kappa shape index (κ1) is 17.9. The van der Waals surface area contributed by atoms with Crippen molar-refractivity contribution >= 4 is 23.3 Å². The Morgan fingerprint density at radius 2 is 2.00 bits per heavy atom. The molecule has 0 radical (unpaired) electrons. The number of carbonyl (C=O) groups excluding carboxylic acids is 2. The van der Waals surface area contributed by atoms with Crippen LogP contribution in [0.4, 0.5) is 11.5 Å². The van der Waals surface area contributed by atoms with Crippen LogP contribution >= 0.6 is 0 Å². The molecular weight excluding hydrogens is 330 g/mol. The average molecular weight is 353 g/mol. The number of aromatic nitrogens is 1. The Kier molecular flexibility index (Phi) is 4.68. The number of anilines is 2. The van der Waals surface area contributed by atoms with Gasteiger partial charge in [-0.1, -0.05) is 25.1 Å². The zero-order valence-corrected chi connectivity index (χ0v) is 15.4. The largest absolute Gasteiger partial charge is 0.464 e. The topological polar surface area (TPSA) is 71.5 Å². The van der Waals surface area contributed by atoms with Gasteiger partial charge >= 0.3 is 0 Å². The molecule has 0 spiro atoms. The third-order valence-electron chi connectivity index (χ3n) is 4.52. The molecule has 0 fully saturated rings. The van der Waals surface area contributed by atoms with Crippen LogP contribution in [-0.4, -0.2) is 28.4 Å². The molecule has 1 N–H and O–H groups in total. The van der Waals surface area contributed by atoms with Gasteiger partial charge in [0, 0.05) is 17.9 Å². The van der Waals surface area contributed by atoms with Crippen molar-refractivity contribution in [3.63, 3.8) is 0 Å². The lowest BCUT2D eigenvalue weighted by molar-refractivity contribution is -0.145. The van der Waals surface area contributed by atoms with Gasteiger partial charge in [-0.3, -0.25) is 14.5 Å². The number of nitrogens with zero attached hydrogens (tertiary/aromatic N) is 2. The van der Waals surface area contributed by atoms with Crippen molar-refractivity contribution in [2.75, 3.05) is 10.2 Å². The van der Waals surface area contributed by atoms with Gasteiger partial charge < -0.3 is 10.1 Å². The van der Waals surface area contributed by atoms with Crippen LogP contribution < -0.4 is 15.0 Å². The normalized spacial score (nSPS) is 19.1. The Morgan fingerprint density at radius 3 is 2.69 bits per heavy atom. The molecule has 136 valence electrons. The molecule has 26 heavy (non-hydrogen) atoms. The molecular formula is C20H23N3O3. The van der Waals surface area contributed by atoms with Crippen molar-refractivity contribution in [3.8, 4) is 5.75 Å². The summed E-state index contributed by atoms with van der Waals surface area (Å²) in [6.07, 6.45) is 2.37. The van der Waals surface area contributed by atoms with Crippen LogP contribution in [0.25, 0.3) is 0 Å². The first-order valence-corrected chi connectivity index (χ1v) is 8.75. The van der Waals surface area contributed by atoms with Crippen LogP contribution in [0.2, 0.25) is 0 Å². The van der Waals surface area contributed by atoms with E-state index in [9.17, 15) is 9.59 Å². The third-order valence-corrected chi connectivity index (χ3v) is 4.52. The standard InChI is InChI=1S/C20H23N3O3/c1-5-14-9-6-7-10-15(14)22-18(24)20(4)19(25)23(13(2)3)17-16(26-20)11-8-12-21-17/h6-13H,5H2,1-4H3,(H,22,24). The summed E-state index contributed by atoms with van der Waals surface area (Å²) in [7, 11) is 0. The van der Waals surface area contributed by atoms with E-state index in [4.69, 9.17) is 4.74 Å². The molecule has 0 saturated heterocycles. The molecule has 6 heteroatoms. The van der Waals surface area contributed by atoms with Gasteiger partial charge in [-0.25, -0.2) is 4.98 Å². The number of pyridine rings is 1. The van der Waals surface area contributed by atoms with E-state index < -0.39 is 17.4 Å². The zero-order chi connectivity index (χ0) is 18.9. The highest BCUT2D eigenvalue weighted by molar-refractivity contribution is 6.19. The quantitative estimate of drug-likeness (QED) is 0.857. The lowest BCUT2D eigenvalue weighted by atomic mass is 9.99. The molecule has 1 aromatic heterocycles. The summed E-state index contributed by atoms with van der Waals surface area (Å²) in [5.74, 6) is -0.0670. The van der Waals surface area contributed by atoms with Crippen molar-refractivity contribution in [1.82, 2.24) is 4.98 Å². The molecule has 6 nitrogen and oxygen atoms in total. The van der Waals surface area contributed by atoms with Crippen LogP contribution in [0.5, 0.6) is 5.75 Å². The fourth-order valence-electron chi connectivity index (χ4n) is 3.05.